The summed E-state index contributed by atoms with van der Waals surface area (Å²) < 4.78 is 4.68. The molecular formula is C13H20N4O3S. The van der Waals surface area contributed by atoms with E-state index in [-0.39, 0.29) is 5.91 Å². The van der Waals surface area contributed by atoms with Crippen LogP contribution in [-0.4, -0.2) is 62.1 Å². The summed E-state index contributed by atoms with van der Waals surface area (Å²) in [6, 6.07) is -0.712. The third-order valence-electron chi connectivity index (χ3n) is 3.32. The molecule has 1 aliphatic heterocycles. The van der Waals surface area contributed by atoms with Crippen molar-refractivity contribution in [3.05, 3.63) is 15.6 Å². The molecule has 1 aliphatic rings. The second-order valence-electron chi connectivity index (χ2n) is 4.98. The number of thiazole rings is 1. The predicted octanol–water partition coefficient (Wildman–Crippen LogP) is -0.378. The number of likely N-dealkylation sites (N-methyl/N-ethyl adjacent to an activating group) is 2. The predicted molar refractivity (Wildman–Crippen MR) is 79.3 cm³/mol. The van der Waals surface area contributed by atoms with E-state index in [4.69, 9.17) is 0 Å². The first-order valence-electron chi connectivity index (χ1n) is 6.75. The van der Waals surface area contributed by atoms with Crippen LogP contribution in [0.2, 0.25) is 0 Å². The fourth-order valence-corrected chi connectivity index (χ4v) is 3.27. The number of ether oxygens (including phenoxy) is 1. The summed E-state index contributed by atoms with van der Waals surface area (Å²) in [5.41, 5.74) is 0.992. The third kappa shape index (κ3) is 3.78. The van der Waals surface area contributed by atoms with E-state index in [2.05, 4.69) is 25.3 Å². The van der Waals surface area contributed by atoms with Gasteiger partial charge in [0.2, 0.25) is 0 Å². The Kier molecular flexibility index (Phi) is 5.27. The molecule has 2 rings (SSSR count). The van der Waals surface area contributed by atoms with Crippen LogP contribution in [0.5, 0.6) is 0 Å². The maximum Gasteiger partial charge on any atom is 0.329 e. The average molecular weight is 312 g/mol. The van der Waals surface area contributed by atoms with E-state index >= 15 is 0 Å². The quantitative estimate of drug-likeness (QED) is 0.721. The normalized spacial score (nSPS) is 16.1. The van der Waals surface area contributed by atoms with Crippen LogP contribution in [-0.2, 0) is 22.5 Å². The number of methoxy groups -OCH3 is 1. The monoisotopic (exact) mass is 312 g/mol. The summed E-state index contributed by atoms with van der Waals surface area (Å²) >= 11 is 1.39. The van der Waals surface area contributed by atoms with Crippen molar-refractivity contribution in [2.45, 2.75) is 19.0 Å². The molecule has 1 unspecified atom stereocenters. The van der Waals surface area contributed by atoms with Crippen LogP contribution in [0, 0.1) is 0 Å². The molecule has 0 fully saturated rings. The van der Waals surface area contributed by atoms with Gasteiger partial charge in [0.15, 0.2) is 5.01 Å². The Balaban J connectivity index is 2.07. The van der Waals surface area contributed by atoms with E-state index in [0.29, 0.717) is 11.6 Å². The molecule has 21 heavy (non-hydrogen) atoms. The first-order valence-corrected chi connectivity index (χ1v) is 7.57. The van der Waals surface area contributed by atoms with E-state index in [1.165, 1.54) is 18.4 Å². The van der Waals surface area contributed by atoms with E-state index in [1.54, 1.807) is 7.05 Å². The van der Waals surface area contributed by atoms with Crippen molar-refractivity contribution in [1.82, 2.24) is 20.5 Å². The van der Waals surface area contributed by atoms with Gasteiger partial charge in [0.1, 0.15) is 6.04 Å². The van der Waals surface area contributed by atoms with Gasteiger partial charge in [0.25, 0.3) is 5.91 Å². The van der Waals surface area contributed by atoms with Crippen molar-refractivity contribution in [1.29, 1.82) is 0 Å². The molecule has 116 valence electrons. The van der Waals surface area contributed by atoms with E-state index in [0.717, 1.165) is 30.1 Å². The van der Waals surface area contributed by atoms with Crippen LogP contribution < -0.4 is 10.6 Å². The maximum absolute atomic E-state index is 12.2. The molecule has 0 saturated carbocycles. The van der Waals surface area contributed by atoms with Crippen LogP contribution in [0.25, 0.3) is 0 Å². The van der Waals surface area contributed by atoms with Crippen molar-refractivity contribution in [2.24, 2.45) is 0 Å². The van der Waals surface area contributed by atoms with Gasteiger partial charge in [-0.15, -0.1) is 11.3 Å². The number of amides is 1. The number of aromatic nitrogens is 1. The van der Waals surface area contributed by atoms with Gasteiger partial charge in [-0.2, -0.15) is 0 Å². The number of nitrogens with one attached hydrogen (secondary N) is 2. The van der Waals surface area contributed by atoms with Crippen LogP contribution in [0.4, 0.5) is 0 Å². The highest BCUT2D eigenvalue weighted by molar-refractivity contribution is 7.13. The van der Waals surface area contributed by atoms with E-state index in [9.17, 15) is 9.59 Å². The smallest absolute Gasteiger partial charge is 0.329 e. The van der Waals surface area contributed by atoms with E-state index < -0.39 is 12.0 Å². The topological polar surface area (TPSA) is 83.6 Å². The number of carbonyl (C=O) groups is 2. The van der Waals surface area contributed by atoms with Gasteiger partial charge < -0.3 is 20.3 Å². The summed E-state index contributed by atoms with van der Waals surface area (Å²) in [7, 11) is 5.05. The van der Waals surface area contributed by atoms with Crippen LogP contribution in [0.3, 0.4) is 0 Å². The molecule has 0 saturated heterocycles. The molecule has 1 atom stereocenters. The summed E-state index contributed by atoms with van der Waals surface area (Å²) in [6.07, 6.45) is 0.854. The molecule has 2 N–H and O–H groups in total. The largest absolute Gasteiger partial charge is 0.467 e. The highest BCUT2D eigenvalue weighted by atomic mass is 32.1. The third-order valence-corrected chi connectivity index (χ3v) is 4.40. The van der Waals surface area contributed by atoms with E-state index in [1.807, 2.05) is 7.05 Å². The molecule has 1 aromatic heterocycles. The Morgan fingerprint density at radius 3 is 2.95 bits per heavy atom. The van der Waals surface area contributed by atoms with Gasteiger partial charge >= 0.3 is 5.97 Å². The maximum atomic E-state index is 12.2. The van der Waals surface area contributed by atoms with Gasteiger partial charge in [-0.25, -0.2) is 9.78 Å². The number of nitrogens with zero attached hydrogens (tertiary/aromatic N) is 2. The lowest BCUT2D eigenvalue weighted by molar-refractivity contribution is -0.142. The fraction of sp³-hybridized carbons (Fsp3) is 0.615. The number of hydrogen-bond acceptors (Lipinski definition) is 7. The number of hydrogen-bond donors (Lipinski definition) is 2. The van der Waals surface area contributed by atoms with Crippen molar-refractivity contribution in [3.63, 3.8) is 0 Å². The molecular weight excluding hydrogens is 292 g/mol. The SMILES string of the molecule is CNCC(NC(=O)c1nc2c(s1)CN(C)CC2)C(=O)OC. The van der Waals surface area contributed by atoms with Crippen molar-refractivity contribution in [2.75, 3.05) is 34.3 Å². The molecule has 0 radical (unpaired) electrons. The summed E-state index contributed by atoms with van der Waals surface area (Å²) in [5.74, 6) is -0.804. The minimum absolute atomic E-state index is 0.312. The lowest BCUT2D eigenvalue weighted by Gasteiger charge is -2.20. The minimum Gasteiger partial charge on any atom is -0.467 e. The molecule has 1 amide bonds. The average Bonchev–Trinajstić information content (AvgIpc) is 2.89. The molecule has 0 bridgehead atoms. The Hall–Kier alpha value is -1.51. The lowest BCUT2D eigenvalue weighted by atomic mass is 10.2. The Morgan fingerprint density at radius 2 is 2.29 bits per heavy atom. The number of rotatable bonds is 5. The van der Waals surface area contributed by atoms with Crippen molar-refractivity contribution >= 4 is 23.2 Å². The number of esters is 1. The van der Waals surface area contributed by atoms with Crippen LogP contribution in [0.1, 0.15) is 20.4 Å². The molecule has 0 spiro atoms. The first-order chi connectivity index (χ1) is 10.0. The molecule has 2 heterocycles. The number of fused-ring (bicyclic) bond motifs is 1. The van der Waals surface area contributed by atoms with Gasteiger partial charge in [-0.05, 0) is 14.1 Å². The number of carbonyl (C=O) groups excluding carboxylic acids is 2. The van der Waals surface area contributed by atoms with Crippen LogP contribution in [0.15, 0.2) is 0 Å². The van der Waals surface area contributed by atoms with Gasteiger partial charge in [-0.1, -0.05) is 0 Å². The Morgan fingerprint density at radius 1 is 1.52 bits per heavy atom. The fourth-order valence-electron chi connectivity index (χ4n) is 2.18. The molecule has 0 aromatic carbocycles. The standard InChI is InChI=1S/C13H20N4O3S/c1-14-6-9(13(19)20-3)15-11(18)12-16-8-4-5-17(2)7-10(8)21-12/h9,14H,4-7H2,1-3H3,(H,15,18). The molecule has 1 aromatic rings. The minimum atomic E-state index is -0.712. The van der Waals surface area contributed by atoms with Gasteiger partial charge in [0.05, 0.1) is 12.8 Å². The highest BCUT2D eigenvalue weighted by Crippen LogP contribution is 2.24. The van der Waals surface area contributed by atoms with Crippen molar-refractivity contribution in [3.8, 4) is 0 Å². The van der Waals surface area contributed by atoms with Crippen LogP contribution >= 0.6 is 11.3 Å². The Bertz CT molecular complexity index is 531. The zero-order valence-corrected chi connectivity index (χ0v) is 13.2. The van der Waals surface area contributed by atoms with Gasteiger partial charge in [-0.3, -0.25) is 4.79 Å². The zero-order valence-electron chi connectivity index (χ0n) is 12.4. The summed E-state index contributed by atoms with van der Waals surface area (Å²) in [5, 5.41) is 5.92. The van der Waals surface area contributed by atoms with Crippen molar-refractivity contribution < 1.29 is 14.3 Å². The molecule has 8 heteroatoms. The summed E-state index contributed by atoms with van der Waals surface area (Å²) in [6.45, 7) is 2.08. The first kappa shape index (κ1) is 15.9. The molecule has 0 aliphatic carbocycles. The molecule has 7 nitrogen and oxygen atoms in total. The van der Waals surface area contributed by atoms with Gasteiger partial charge in [0, 0.05) is 30.9 Å². The second-order valence-corrected chi connectivity index (χ2v) is 6.07. The Labute approximate surface area is 127 Å². The highest BCUT2D eigenvalue weighted by Gasteiger charge is 2.25. The summed E-state index contributed by atoms with van der Waals surface area (Å²) in [4.78, 5) is 31.6. The second kappa shape index (κ2) is 6.97. The zero-order chi connectivity index (χ0) is 15.4. The lowest BCUT2D eigenvalue weighted by Crippen LogP contribution is -2.47.